The van der Waals surface area contributed by atoms with Crippen LogP contribution < -0.4 is 4.74 Å². The number of nitro groups is 2. The van der Waals surface area contributed by atoms with Crippen molar-refractivity contribution in [3.63, 3.8) is 0 Å². The van der Waals surface area contributed by atoms with Gasteiger partial charge in [0.25, 0.3) is 5.69 Å². The molecule has 0 atom stereocenters. The Labute approximate surface area is 88.7 Å². The third-order valence-electron chi connectivity index (χ3n) is 1.66. The predicted molar refractivity (Wildman–Crippen MR) is 51.3 cm³/mol. The molecule has 0 spiro atoms. The third-order valence-corrected chi connectivity index (χ3v) is 1.66. The smallest absolute Gasteiger partial charge is 0.317 e. The highest BCUT2D eigenvalue weighted by Crippen LogP contribution is 2.30. The molecule has 84 valence electrons. The van der Waals surface area contributed by atoms with Gasteiger partial charge in [-0.25, -0.2) is 0 Å². The van der Waals surface area contributed by atoms with Crippen LogP contribution in [0.2, 0.25) is 0 Å². The topological polar surface area (TPSA) is 113 Å². The number of rotatable bonds is 5. The minimum Gasteiger partial charge on any atom is -0.479 e. The molecule has 1 aromatic rings. The molecule has 0 aromatic heterocycles. The van der Waals surface area contributed by atoms with Crippen molar-refractivity contribution in [3.8, 4) is 5.75 Å². The first-order chi connectivity index (χ1) is 7.56. The largest absolute Gasteiger partial charge is 0.479 e. The van der Waals surface area contributed by atoms with E-state index in [9.17, 15) is 25.0 Å². The van der Waals surface area contributed by atoms with Crippen molar-refractivity contribution >= 4 is 17.7 Å². The maximum atomic E-state index is 10.6. The summed E-state index contributed by atoms with van der Waals surface area (Å²) >= 11 is 0. The van der Waals surface area contributed by atoms with Crippen molar-refractivity contribution in [3.05, 3.63) is 38.4 Å². The second-order valence-corrected chi connectivity index (χ2v) is 2.64. The molecule has 0 unspecified atom stereocenters. The Kier molecular flexibility index (Phi) is 3.49. The Morgan fingerprint density at radius 3 is 2.44 bits per heavy atom. The average molecular weight is 226 g/mol. The Balaban J connectivity index is 3.13. The molecule has 0 aliphatic rings. The van der Waals surface area contributed by atoms with Crippen LogP contribution in [-0.4, -0.2) is 22.7 Å². The number of ether oxygens (including phenoxy) is 1. The number of aldehydes is 1. The molecule has 0 radical (unpaired) electrons. The number of hydrogen-bond acceptors (Lipinski definition) is 6. The maximum Gasteiger partial charge on any atom is 0.317 e. The molecule has 0 aliphatic heterocycles. The van der Waals surface area contributed by atoms with Crippen LogP contribution >= 0.6 is 0 Å². The van der Waals surface area contributed by atoms with Crippen molar-refractivity contribution in [1.29, 1.82) is 0 Å². The van der Waals surface area contributed by atoms with Gasteiger partial charge in [0.15, 0.2) is 12.0 Å². The second-order valence-electron chi connectivity index (χ2n) is 2.64. The van der Waals surface area contributed by atoms with Crippen molar-refractivity contribution in [2.24, 2.45) is 0 Å². The van der Waals surface area contributed by atoms with Gasteiger partial charge < -0.3 is 4.74 Å². The van der Waals surface area contributed by atoms with E-state index in [0.29, 0.717) is 6.29 Å². The predicted octanol–water partition coefficient (Wildman–Crippen LogP) is 1.08. The van der Waals surface area contributed by atoms with E-state index in [-0.39, 0.29) is 12.4 Å². The monoisotopic (exact) mass is 226 g/mol. The third kappa shape index (κ3) is 2.50. The Morgan fingerprint density at radius 1 is 1.25 bits per heavy atom. The maximum absolute atomic E-state index is 10.6. The summed E-state index contributed by atoms with van der Waals surface area (Å²) in [4.78, 5) is 29.4. The van der Waals surface area contributed by atoms with E-state index >= 15 is 0 Å². The van der Waals surface area contributed by atoms with E-state index < -0.39 is 21.2 Å². The molecule has 0 saturated carbocycles. The first kappa shape index (κ1) is 11.6. The van der Waals surface area contributed by atoms with Gasteiger partial charge in [0.1, 0.15) is 6.61 Å². The molecule has 0 heterocycles. The first-order valence-corrected chi connectivity index (χ1v) is 4.05. The normalized spacial score (nSPS) is 9.50. The van der Waals surface area contributed by atoms with E-state index in [4.69, 9.17) is 4.74 Å². The van der Waals surface area contributed by atoms with Gasteiger partial charge in [-0.15, -0.1) is 0 Å². The molecule has 0 aliphatic carbocycles. The molecular formula is C8H6N2O6. The summed E-state index contributed by atoms with van der Waals surface area (Å²) in [5.41, 5.74) is -0.957. The molecule has 0 bridgehead atoms. The minimum atomic E-state index is -0.812. The zero-order chi connectivity index (χ0) is 12.1. The molecule has 1 rings (SSSR count). The molecule has 0 fully saturated rings. The van der Waals surface area contributed by atoms with Gasteiger partial charge in [-0.2, -0.15) is 0 Å². The Bertz CT molecular complexity index is 444. The highest BCUT2D eigenvalue weighted by molar-refractivity contribution is 5.56. The van der Waals surface area contributed by atoms with Gasteiger partial charge in [-0.1, -0.05) is 0 Å². The summed E-state index contributed by atoms with van der Waals surface area (Å²) in [6.45, 7) is -0.349. The molecule has 8 heteroatoms. The molecule has 8 nitrogen and oxygen atoms in total. The summed E-state index contributed by atoms with van der Waals surface area (Å²) < 4.78 is 4.75. The lowest BCUT2D eigenvalue weighted by atomic mass is 10.2. The molecule has 0 amide bonds. The number of nitrogens with zero attached hydrogens (tertiary/aromatic N) is 2. The Morgan fingerprint density at radius 2 is 1.94 bits per heavy atom. The van der Waals surface area contributed by atoms with Gasteiger partial charge in [-0.3, -0.25) is 25.0 Å². The van der Waals surface area contributed by atoms with Gasteiger partial charge in [0.2, 0.25) is 0 Å². The van der Waals surface area contributed by atoms with Crippen LogP contribution in [-0.2, 0) is 4.79 Å². The number of nitro benzene ring substituents is 2. The van der Waals surface area contributed by atoms with Gasteiger partial charge >= 0.3 is 5.69 Å². The van der Waals surface area contributed by atoms with E-state index in [1.54, 1.807) is 0 Å². The second kappa shape index (κ2) is 4.82. The number of carbonyl (C=O) groups is 1. The Hall–Kier alpha value is -2.51. The van der Waals surface area contributed by atoms with Gasteiger partial charge in [0.05, 0.1) is 15.9 Å². The zero-order valence-corrected chi connectivity index (χ0v) is 7.86. The van der Waals surface area contributed by atoms with Crippen LogP contribution in [0, 0.1) is 20.2 Å². The number of benzene rings is 1. The highest BCUT2D eigenvalue weighted by atomic mass is 16.6. The fourth-order valence-electron chi connectivity index (χ4n) is 1.01. The van der Waals surface area contributed by atoms with Crippen LogP contribution in [0.4, 0.5) is 11.4 Å². The van der Waals surface area contributed by atoms with E-state index in [1.165, 1.54) is 0 Å². The number of hydrogen-bond donors (Lipinski definition) is 0. The SMILES string of the molecule is O=CCOc1ccc([N+](=O)[O-])cc1[N+](=O)[O-]. The summed E-state index contributed by atoms with van der Waals surface area (Å²) in [6.07, 6.45) is 0.422. The molecular weight excluding hydrogens is 220 g/mol. The standard InChI is InChI=1S/C8H6N2O6/c11-3-4-16-8-2-1-6(9(12)13)5-7(8)10(14)15/h1-3,5H,4H2. The van der Waals surface area contributed by atoms with Crippen LogP contribution in [0.15, 0.2) is 18.2 Å². The van der Waals surface area contributed by atoms with Crippen molar-refractivity contribution < 1.29 is 19.4 Å². The van der Waals surface area contributed by atoms with E-state index in [0.717, 1.165) is 18.2 Å². The summed E-state index contributed by atoms with van der Waals surface area (Å²) in [5, 5.41) is 21.0. The van der Waals surface area contributed by atoms with Crippen molar-refractivity contribution in [2.75, 3.05) is 6.61 Å². The molecule has 16 heavy (non-hydrogen) atoms. The lowest BCUT2D eigenvalue weighted by Gasteiger charge is -2.02. The zero-order valence-electron chi connectivity index (χ0n) is 7.86. The summed E-state index contributed by atoms with van der Waals surface area (Å²) in [7, 11) is 0. The van der Waals surface area contributed by atoms with E-state index in [2.05, 4.69) is 0 Å². The van der Waals surface area contributed by atoms with Crippen molar-refractivity contribution in [2.45, 2.75) is 0 Å². The van der Waals surface area contributed by atoms with Gasteiger partial charge in [0, 0.05) is 6.07 Å². The van der Waals surface area contributed by atoms with Crippen LogP contribution in [0.3, 0.4) is 0 Å². The van der Waals surface area contributed by atoms with Crippen LogP contribution in [0.1, 0.15) is 0 Å². The quantitative estimate of drug-likeness (QED) is 0.421. The summed E-state index contributed by atoms with van der Waals surface area (Å²) in [6, 6.07) is 2.92. The summed E-state index contributed by atoms with van der Waals surface area (Å²) in [5.74, 6) is -0.178. The van der Waals surface area contributed by atoms with Crippen LogP contribution in [0.25, 0.3) is 0 Å². The lowest BCUT2D eigenvalue weighted by molar-refractivity contribution is -0.394. The van der Waals surface area contributed by atoms with Crippen LogP contribution in [0.5, 0.6) is 5.75 Å². The molecule has 1 aromatic carbocycles. The number of carbonyl (C=O) groups excluding carboxylic acids is 1. The number of non-ortho nitro benzene ring substituents is 1. The average Bonchev–Trinajstić information content (AvgIpc) is 2.25. The first-order valence-electron chi connectivity index (χ1n) is 4.05. The lowest BCUT2D eigenvalue weighted by Crippen LogP contribution is -2.01. The fraction of sp³-hybridized carbons (Fsp3) is 0.125. The van der Waals surface area contributed by atoms with E-state index in [1.807, 2.05) is 0 Å². The highest BCUT2D eigenvalue weighted by Gasteiger charge is 2.20. The fourth-order valence-corrected chi connectivity index (χ4v) is 1.01. The molecule has 0 saturated heterocycles. The van der Waals surface area contributed by atoms with Crippen molar-refractivity contribution in [1.82, 2.24) is 0 Å². The van der Waals surface area contributed by atoms with Gasteiger partial charge in [-0.05, 0) is 6.07 Å². The minimum absolute atomic E-state index is 0.178. The molecule has 0 N–H and O–H groups in total.